The number of benzene rings is 1. The van der Waals surface area contributed by atoms with Gasteiger partial charge in [0.1, 0.15) is 5.82 Å². The van der Waals surface area contributed by atoms with Crippen LogP contribution in [-0.4, -0.2) is 17.8 Å². The summed E-state index contributed by atoms with van der Waals surface area (Å²) >= 11 is 0. The second-order valence-electron chi connectivity index (χ2n) is 3.48. The van der Waals surface area contributed by atoms with Crippen molar-refractivity contribution in [1.82, 2.24) is 5.32 Å². The topological polar surface area (TPSA) is 32.3 Å². The Morgan fingerprint density at radius 2 is 1.73 bits per heavy atom. The molecular formula is C12H20FNO. The van der Waals surface area contributed by atoms with Gasteiger partial charge >= 0.3 is 0 Å². The van der Waals surface area contributed by atoms with Crippen molar-refractivity contribution in [2.45, 2.75) is 33.4 Å². The van der Waals surface area contributed by atoms with Crippen LogP contribution >= 0.6 is 0 Å². The molecule has 1 rings (SSSR count). The quantitative estimate of drug-likeness (QED) is 0.807. The summed E-state index contributed by atoms with van der Waals surface area (Å²) in [6.45, 7) is 6.91. The van der Waals surface area contributed by atoms with Crippen LogP contribution < -0.4 is 5.32 Å². The molecule has 15 heavy (non-hydrogen) atoms. The summed E-state index contributed by atoms with van der Waals surface area (Å²) in [5.74, 6) is -0.178. The minimum atomic E-state index is -0.178. The number of rotatable bonds is 3. The second kappa shape index (κ2) is 8.38. The molecule has 0 fully saturated rings. The predicted molar refractivity (Wildman–Crippen MR) is 61.1 cm³/mol. The van der Waals surface area contributed by atoms with Crippen molar-refractivity contribution >= 4 is 0 Å². The maximum atomic E-state index is 12.5. The van der Waals surface area contributed by atoms with Crippen LogP contribution in [0.15, 0.2) is 24.3 Å². The summed E-state index contributed by atoms with van der Waals surface area (Å²) in [5.41, 5.74) is 1.12. The highest BCUT2D eigenvalue weighted by Crippen LogP contribution is 2.02. The first kappa shape index (κ1) is 14.1. The summed E-state index contributed by atoms with van der Waals surface area (Å²) in [7, 11) is 0. The van der Waals surface area contributed by atoms with E-state index in [1.54, 1.807) is 19.1 Å². The molecule has 0 saturated carbocycles. The van der Waals surface area contributed by atoms with Crippen LogP contribution in [0.3, 0.4) is 0 Å². The van der Waals surface area contributed by atoms with E-state index in [1.165, 1.54) is 12.1 Å². The lowest BCUT2D eigenvalue weighted by Gasteiger charge is -2.07. The molecule has 1 aromatic rings. The molecule has 0 saturated heterocycles. The van der Waals surface area contributed by atoms with Crippen LogP contribution in [0, 0.1) is 5.82 Å². The van der Waals surface area contributed by atoms with E-state index >= 15 is 0 Å². The van der Waals surface area contributed by atoms with E-state index in [1.807, 2.05) is 0 Å². The van der Waals surface area contributed by atoms with Gasteiger partial charge in [0.15, 0.2) is 0 Å². The maximum Gasteiger partial charge on any atom is 0.123 e. The van der Waals surface area contributed by atoms with E-state index in [4.69, 9.17) is 5.11 Å². The molecule has 0 bridgehead atoms. The number of hydrogen-bond donors (Lipinski definition) is 2. The normalized spacial score (nSPS) is 9.73. The largest absolute Gasteiger partial charge is 0.397 e. The molecule has 2 N–H and O–H groups in total. The monoisotopic (exact) mass is 213 g/mol. The predicted octanol–water partition coefficient (Wildman–Crippen LogP) is 2.32. The summed E-state index contributed by atoms with van der Waals surface area (Å²) in [6, 6.07) is 7.03. The van der Waals surface area contributed by atoms with Crippen LogP contribution in [0.1, 0.15) is 26.3 Å². The van der Waals surface area contributed by atoms with Gasteiger partial charge in [-0.3, -0.25) is 0 Å². The van der Waals surface area contributed by atoms with E-state index in [9.17, 15) is 4.39 Å². The Morgan fingerprint density at radius 1 is 1.27 bits per heavy atom. The van der Waals surface area contributed by atoms with Gasteiger partial charge in [0.05, 0.1) is 0 Å². The van der Waals surface area contributed by atoms with Crippen molar-refractivity contribution in [2.75, 3.05) is 6.61 Å². The minimum absolute atomic E-state index is 0.178. The lowest BCUT2D eigenvalue weighted by Crippen LogP contribution is -2.21. The number of aliphatic hydroxyl groups is 1. The first-order valence-electron chi connectivity index (χ1n) is 5.18. The van der Waals surface area contributed by atoms with Gasteiger partial charge in [-0.25, -0.2) is 4.39 Å². The molecule has 0 unspecified atom stereocenters. The Kier molecular flexibility index (Phi) is 7.86. The molecule has 0 spiro atoms. The Bertz CT molecular complexity index is 246. The third-order valence-corrected chi connectivity index (χ3v) is 1.63. The number of nitrogens with one attached hydrogen (secondary N) is 1. The fourth-order valence-electron chi connectivity index (χ4n) is 0.924. The van der Waals surface area contributed by atoms with Gasteiger partial charge in [0, 0.05) is 19.2 Å². The molecule has 0 aliphatic rings. The molecule has 2 nitrogen and oxygen atoms in total. The molecule has 0 aliphatic carbocycles. The molecule has 1 aromatic carbocycles. The molecule has 0 atom stereocenters. The number of aliphatic hydroxyl groups excluding tert-OH is 1. The zero-order valence-corrected chi connectivity index (χ0v) is 9.63. The highest BCUT2D eigenvalue weighted by molar-refractivity contribution is 5.15. The van der Waals surface area contributed by atoms with Gasteiger partial charge in [-0.1, -0.05) is 26.0 Å². The zero-order valence-electron chi connectivity index (χ0n) is 9.63. The van der Waals surface area contributed by atoms with Crippen LogP contribution in [-0.2, 0) is 6.54 Å². The Labute approximate surface area is 91.1 Å². The fourth-order valence-corrected chi connectivity index (χ4v) is 0.924. The summed E-state index contributed by atoms with van der Waals surface area (Å²) in [5, 5.41) is 10.8. The second-order valence-corrected chi connectivity index (χ2v) is 3.48. The van der Waals surface area contributed by atoms with E-state index in [-0.39, 0.29) is 12.4 Å². The van der Waals surface area contributed by atoms with Crippen molar-refractivity contribution in [3.63, 3.8) is 0 Å². The van der Waals surface area contributed by atoms with Gasteiger partial charge in [0.25, 0.3) is 0 Å². The first-order valence-corrected chi connectivity index (χ1v) is 5.18. The third kappa shape index (κ3) is 8.09. The van der Waals surface area contributed by atoms with Gasteiger partial charge in [-0.15, -0.1) is 0 Å². The Hall–Kier alpha value is -0.930. The molecule has 0 amide bonds. The van der Waals surface area contributed by atoms with Crippen LogP contribution in [0.5, 0.6) is 0 Å². The minimum Gasteiger partial charge on any atom is -0.397 e. The molecule has 3 heteroatoms. The van der Waals surface area contributed by atoms with Crippen molar-refractivity contribution in [3.8, 4) is 0 Å². The van der Waals surface area contributed by atoms with Crippen LogP contribution in [0.25, 0.3) is 0 Å². The average molecular weight is 213 g/mol. The molecule has 0 radical (unpaired) electrons. The SMILES string of the molecule is CC(C)NCc1ccc(F)cc1.CCO. The highest BCUT2D eigenvalue weighted by Gasteiger charge is 1.94. The summed E-state index contributed by atoms with van der Waals surface area (Å²) in [6.07, 6.45) is 0. The van der Waals surface area contributed by atoms with E-state index < -0.39 is 0 Å². The maximum absolute atomic E-state index is 12.5. The number of halogens is 1. The molecule has 0 aliphatic heterocycles. The van der Waals surface area contributed by atoms with Crippen LogP contribution in [0.4, 0.5) is 4.39 Å². The molecule has 0 aromatic heterocycles. The van der Waals surface area contributed by atoms with Crippen molar-refractivity contribution in [3.05, 3.63) is 35.6 Å². The van der Waals surface area contributed by atoms with Gasteiger partial charge in [0.2, 0.25) is 0 Å². The summed E-state index contributed by atoms with van der Waals surface area (Å²) in [4.78, 5) is 0. The van der Waals surface area contributed by atoms with Crippen molar-refractivity contribution < 1.29 is 9.50 Å². The fraction of sp³-hybridized carbons (Fsp3) is 0.500. The number of hydrogen-bond acceptors (Lipinski definition) is 2. The van der Waals surface area contributed by atoms with Gasteiger partial charge in [-0.05, 0) is 24.6 Å². The van der Waals surface area contributed by atoms with E-state index in [0.717, 1.165) is 12.1 Å². The molecular weight excluding hydrogens is 193 g/mol. The average Bonchev–Trinajstić information content (AvgIpc) is 2.18. The van der Waals surface area contributed by atoms with Crippen molar-refractivity contribution in [2.24, 2.45) is 0 Å². The van der Waals surface area contributed by atoms with E-state index in [2.05, 4.69) is 19.2 Å². The van der Waals surface area contributed by atoms with Crippen molar-refractivity contribution in [1.29, 1.82) is 0 Å². The zero-order chi connectivity index (χ0) is 11.7. The van der Waals surface area contributed by atoms with Gasteiger partial charge in [-0.2, -0.15) is 0 Å². The third-order valence-electron chi connectivity index (χ3n) is 1.63. The standard InChI is InChI=1S/C10H14FN.C2H6O/c1-8(2)12-7-9-3-5-10(11)6-4-9;1-2-3/h3-6,8,12H,7H2,1-2H3;3H,2H2,1H3. The van der Waals surface area contributed by atoms with E-state index in [0.29, 0.717) is 6.04 Å². The van der Waals surface area contributed by atoms with Gasteiger partial charge < -0.3 is 10.4 Å². The lowest BCUT2D eigenvalue weighted by molar-refractivity contribution is 0.318. The molecule has 0 heterocycles. The smallest absolute Gasteiger partial charge is 0.123 e. The van der Waals surface area contributed by atoms with Crippen LogP contribution in [0.2, 0.25) is 0 Å². The Balaban J connectivity index is 0.000000583. The first-order chi connectivity index (χ1) is 7.10. The summed E-state index contributed by atoms with van der Waals surface area (Å²) < 4.78 is 12.5. The molecule has 86 valence electrons. The highest BCUT2D eigenvalue weighted by atomic mass is 19.1. The Morgan fingerprint density at radius 3 is 2.13 bits per heavy atom. The lowest BCUT2D eigenvalue weighted by atomic mass is 10.2.